The highest BCUT2D eigenvalue weighted by Crippen LogP contribution is 2.43. The van der Waals surface area contributed by atoms with Gasteiger partial charge in [-0.1, -0.05) is 0 Å². The van der Waals surface area contributed by atoms with Crippen LogP contribution in [-0.4, -0.2) is 30.7 Å². The van der Waals surface area contributed by atoms with Gasteiger partial charge in [0.1, 0.15) is 0 Å². The lowest BCUT2D eigenvalue weighted by Crippen LogP contribution is -2.40. The molecule has 0 fully saturated rings. The van der Waals surface area contributed by atoms with Crippen molar-refractivity contribution in [2.75, 3.05) is 7.11 Å². The average molecular weight is 196 g/mol. The van der Waals surface area contributed by atoms with Crippen molar-refractivity contribution in [2.24, 2.45) is 0 Å². The van der Waals surface area contributed by atoms with Crippen LogP contribution < -0.4 is 10.6 Å². The first kappa shape index (κ1) is 11.1. The SMILES string of the molecule is COP(=O)(O)C(NC=O)NC=O. The van der Waals surface area contributed by atoms with E-state index >= 15 is 0 Å². The summed E-state index contributed by atoms with van der Waals surface area (Å²) in [4.78, 5) is 28.7. The van der Waals surface area contributed by atoms with Crippen molar-refractivity contribution in [3.63, 3.8) is 0 Å². The minimum atomic E-state index is -4.00. The first-order valence-electron chi connectivity index (χ1n) is 2.86. The highest BCUT2D eigenvalue weighted by Gasteiger charge is 2.30. The molecule has 0 aromatic rings. The predicted octanol–water partition coefficient (Wildman–Crippen LogP) is -1.41. The maximum absolute atomic E-state index is 11.0. The Morgan fingerprint density at radius 3 is 2.08 bits per heavy atom. The van der Waals surface area contributed by atoms with E-state index in [0.717, 1.165) is 7.11 Å². The maximum Gasteiger partial charge on any atom is 0.370 e. The van der Waals surface area contributed by atoms with Crippen molar-refractivity contribution in [3.05, 3.63) is 0 Å². The van der Waals surface area contributed by atoms with E-state index in [4.69, 9.17) is 4.89 Å². The third-order valence-corrected chi connectivity index (χ3v) is 2.51. The summed E-state index contributed by atoms with van der Waals surface area (Å²) in [5.74, 6) is -1.41. The Labute approximate surface area is 68.6 Å². The summed E-state index contributed by atoms with van der Waals surface area (Å²) in [6.07, 6.45) is 0.367. The molecule has 0 heterocycles. The average Bonchev–Trinajstić information content (AvgIpc) is 2.04. The molecule has 3 N–H and O–H groups in total. The smallest absolute Gasteiger partial charge is 0.328 e. The molecule has 7 nitrogen and oxygen atoms in total. The molecule has 1 unspecified atom stereocenters. The first-order valence-corrected chi connectivity index (χ1v) is 4.50. The number of hydrogen-bond acceptors (Lipinski definition) is 4. The second kappa shape index (κ2) is 4.87. The molecule has 0 saturated heterocycles. The van der Waals surface area contributed by atoms with Gasteiger partial charge in [-0.15, -0.1) is 0 Å². The second-order valence-electron chi connectivity index (χ2n) is 1.72. The van der Waals surface area contributed by atoms with Gasteiger partial charge in [-0.25, -0.2) is 0 Å². The van der Waals surface area contributed by atoms with Gasteiger partial charge in [0.05, 0.1) is 0 Å². The van der Waals surface area contributed by atoms with Crippen LogP contribution in [0.3, 0.4) is 0 Å². The van der Waals surface area contributed by atoms with E-state index in [2.05, 4.69) is 4.52 Å². The summed E-state index contributed by atoms with van der Waals surface area (Å²) in [5, 5.41) is 3.83. The molecule has 2 amide bonds. The van der Waals surface area contributed by atoms with Crippen LogP contribution in [0.5, 0.6) is 0 Å². The second-order valence-corrected chi connectivity index (χ2v) is 3.73. The zero-order valence-electron chi connectivity index (χ0n) is 6.26. The number of carbonyl (C=O) groups excluding carboxylic acids is 2. The van der Waals surface area contributed by atoms with Crippen LogP contribution in [-0.2, 0) is 18.7 Å². The Bertz CT molecular complexity index is 198. The molecular formula is C4H9N2O5P. The standard InChI is InChI=1S/C4H9N2O5P/c1-11-12(9,10)4(5-2-7)6-3-8/h2-4H,1H3,(H,5,7)(H,6,8)(H,9,10). The Morgan fingerprint density at radius 2 is 1.83 bits per heavy atom. The van der Waals surface area contributed by atoms with Gasteiger partial charge in [-0.2, -0.15) is 0 Å². The van der Waals surface area contributed by atoms with E-state index < -0.39 is 13.5 Å². The van der Waals surface area contributed by atoms with Gasteiger partial charge in [0, 0.05) is 7.11 Å². The van der Waals surface area contributed by atoms with Crippen molar-refractivity contribution >= 4 is 20.4 Å². The molecule has 0 aromatic carbocycles. The molecule has 0 bridgehead atoms. The minimum absolute atomic E-state index is 0.184. The highest BCUT2D eigenvalue weighted by molar-refractivity contribution is 7.53. The fraction of sp³-hybridized carbons (Fsp3) is 0.500. The van der Waals surface area contributed by atoms with E-state index in [9.17, 15) is 14.2 Å². The van der Waals surface area contributed by atoms with E-state index in [-0.39, 0.29) is 12.8 Å². The maximum atomic E-state index is 11.0. The molecule has 12 heavy (non-hydrogen) atoms. The van der Waals surface area contributed by atoms with Crippen LogP contribution in [0.4, 0.5) is 0 Å². The normalized spacial score (nSPS) is 14.9. The molecule has 0 saturated carbocycles. The summed E-state index contributed by atoms with van der Waals surface area (Å²) in [6, 6.07) is 0. The van der Waals surface area contributed by atoms with E-state index in [1.807, 2.05) is 10.6 Å². The lowest BCUT2D eigenvalue weighted by molar-refractivity contribution is -0.111. The molecule has 1 atom stereocenters. The molecular weight excluding hydrogens is 187 g/mol. The Kier molecular flexibility index (Phi) is 4.50. The zero-order chi connectivity index (χ0) is 9.61. The van der Waals surface area contributed by atoms with Gasteiger partial charge in [-0.3, -0.25) is 14.2 Å². The monoisotopic (exact) mass is 196 g/mol. The van der Waals surface area contributed by atoms with Gasteiger partial charge in [0.15, 0.2) is 0 Å². The molecule has 0 rings (SSSR count). The fourth-order valence-electron chi connectivity index (χ4n) is 0.471. The molecule has 0 spiro atoms. The van der Waals surface area contributed by atoms with Gasteiger partial charge in [0.2, 0.25) is 18.7 Å². The van der Waals surface area contributed by atoms with Crippen LogP contribution in [0.2, 0.25) is 0 Å². The third-order valence-electron chi connectivity index (χ3n) is 1.04. The molecule has 0 aliphatic carbocycles. The Morgan fingerprint density at radius 1 is 1.42 bits per heavy atom. The summed E-state index contributed by atoms with van der Waals surface area (Å²) in [5.41, 5.74) is 0. The number of amides is 2. The van der Waals surface area contributed by atoms with Crippen molar-refractivity contribution in [2.45, 2.75) is 5.91 Å². The molecule has 0 aliphatic rings. The Balaban J connectivity index is 4.36. The van der Waals surface area contributed by atoms with Crippen molar-refractivity contribution in [1.29, 1.82) is 0 Å². The Hall–Kier alpha value is -0.910. The number of carbonyl (C=O) groups is 2. The summed E-state index contributed by atoms with van der Waals surface area (Å²) >= 11 is 0. The first-order chi connectivity index (χ1) is 5.58. The highest BCUT2D eigenvalue weighted by atomic mass is 31.2. The van der Waals surface area contributed by atoms with Crippen LogP contribution in [0.25, 0.3) is 0 Å². The largest absolute Gasteiger partial charge is 0.370 e. The van der Waals surface area contributed by atoms with Gasteiger partial charge in [0.25, 0.3) is 0 Å². The molecule has 0 radical (unpaired) electrons. The minimum Gasteiger partial charge on any atom is -0.328 e. The van der Waals surface area contributed by atoms with Crippen molar-refractivity contribution in [1.82, 2.24) is 10.6 Å². The molecule has 8 heteroatoms. The van der Waals surface area contributed by atoms with Crippen LogP contribution in [0.15, 0.2) is 0 Å². The lowest BCUT2D eigenvalue weighted by atomic mass is 11.0. The van der Waals surface area contributed by atoms with Gasteiger partial charge in [-0.05, 0) is 0 Å². The van der Waals surface area contributed by atoms with Crippen LogP contribution in [0.1, 0.15) is 0 Å². The zero-order valence-corrected chi connectivity index (χ0v) is 7.15. The lowest BCUT2D eigenvalue weighted by Gasteiger charge is -2.18. The van der Waals surface area contributed by atoms with Crippen LogP contribution >= 0.6 is 7.60 Å². The summed E-state index contributed by atoms with van der Waals surface area (Å²) < 4.78 is 15.1. The number of rotatable bonds is 6. The summed E-state index contributed by atoms with van der Waals surface area (Å²) in [7, 11) is -3.01. The third kappa shape index (κ3) is 3.00. The number of nitrogens with one attached hydrogen (secondary N) is 2. The van der Waals surface area contributed by atoms with Crippen molar-refractivity contribution in [3.8, 4) is 0 Å². The van der Waals surface area contributed by atoms with E-state index in [1.165, 1.54) is 0 Å². The molecule has 0 aromatic heterocycles. The van der Waals surface area contributed by atoms with E-state index in [1.54, 1.807) is 0 Å². The topological polar surface area (TPSA) is 105 Å². The fourth-order valence-corrected chi connectivity index (χ4v) is 1.18. The number of hydrogen-bond donors (Lipinski definition) is 3. The van der Waals surface area contributed by atoms with Crippen molar-refractivity contribution < 1.29 is 23.6 Å². The van der Waals surface area contributed by atoms with Crippen LogP contribution in [0, 0.1) is 0 Å². The summed E-state index contributed by atoms with van der Waals surface area (Å²) in [6.45, 7) is 0. The molecule has 70 valence electrons. The van der Waals surface area contributed by atoms with E-state index in [0.29, 0.717) is 0 Å². The molecule has 0 aliphatic heterocycles. The quantitative estimate of drug-likeness (QED) is 0.275. The predicted molar refractivity (Wildman–Crippen MR) is 39.0 cm³/mol. The van der Waals surface area contributed by atoms with Gasteiger partial charge < -0.3 is 20.1 Å². The van der Waals surface area contributed by atoms with Gasteiger partial charge >= 0.3 is 7.60 Å².